The molecule has 1 N–H and O–H groups in total. The Morgan fingerprint density at radius 3 is 2.81 bits per heavy atom. The summed E-state index contributed by atoms with van der Waals surface area (Å²) >= 11 is 0. The highest BCUT2D eigenvalue weighted by atomic mass is 127. The number of rotatable bonds is 2. The summed E-state index contributed by atoms with van der Waals surface area (Å²) in [6, 6.07) is 9.17. The van der Waals surface area contributed by atoms with Gasteiger partial charge in [0.25, 0.3) is 0 Å². The van der Waals surface area contributed by atoms with Gasteiger partial charge < -0.3 is 15.1 Å². The maximum absolute atomic E-state index is 4.64. The van der Waals surface area contributed by atoms with Crippen molar-refractivity contribution in [3.8, 4) is 0 Å². The molecular formula is C22H35IN4. The van der Waals surface area contributed by atoms with Crippen molar-refractivity contribution in [3.05, 3.63) is 35.4 Å². The van der Waals surface area contributed by atoms with Gasteiger partial charge in [-0.05, 0) is 69.2 Å². The lowest BCUT2D eigenvalue weighted by Crippen LogP contribution is -2.53. The molecule has 0 saturated carbocycles. The monoisotopic (exact) mass is 482 g/mol. The average molecular weight is 482 g/mol. The summed E-state index contributed by atoms with van der Waals surface area (Å²) in [5.74, 6) is 1.87. The van der Waals surface area contributed by atoms with Gasteiger partial charge in [0.1, 0.15) is 0 Å². The zero-order valence-electron chi connectivity index (χ0n) is 16.9. The lowest BCUT2D eigenvalue weighted by Gasteiger charge is -2.47. The van der Waals surface area contributed by atoms with E-state index in [1.54, 1.807) is 11.1 Å². The third-order valence-electron chi connectivity index (χ3n) is 6.82. The minimum absolute atomic E-state index is 0. The summed E-state index contributed by atoms with van der Waals surface area (Å²) < 4.78 is 0. The van der Waals surface area contributed by atoms with E-state index in [0.717, 1.165) is 31.5 Å². The van der Waals surface area contributed by atoms with Gasteiger partial charge in [0.05, 0.1) is 0 Å². The van der Waals surface area contributed by atoms with Crippen LogP contribution in [-0.4, -0.2) is 62.6 Å². The van der Waals surface area contributed by atoms with Gasteiger partial charge in [0.15, 0.2) is 5.96 Å². The number of likely N-dealkylation sites (tertiary alicyclic amines) is 2. The molecular weight excluding hydrogens is 447 g/mol. The van der Waals surface area contributed by atoms with Gasteiger partial charge in [0, 0.05) is 38.6 Å². The van der Waals surface area contributed by atoms with Gasteiger partial charge in [0.2, 0.25) is 0 Å². The van der Waals surface area contributed by atoms with Crippen LogP contribution in [0, 0.1) is 5.92 Å². The number of benzene rings is 1. The van der Waals surface area contributed by atoms with E-state index in [4.69, 9.17) is 0 Å². The number of hydrogen-bond acceptors (Lipinski definition) is 2. The van der Waals surface area contributed by atoms with Crippen molar-refractivity contribution in [3.63, 3.8) is 0 Å². The molecule has 2 aliphatic heterocycles. The molecule has 4 rings (SSSR count). The molecule has 2 heterocycles. The number of hydrogen-bond donors (Lipinski definition) is 1. The molecule has 0 aromatic heterocycles. The Morgan fingerprint density at radius 1 is 1.22 bits per heavy atom. The van der Waals surface area contributed by atoms with Crippen LogP contribution in [0.2, 0.25) is 0 Å². The normalized spacial score (nSPS) is 28.7. The zero-order valence-corrected chi connectivity index (χ0v) is 19.2. The van der Waals surface area contributed by atoms with Gasteiger partial charge in [-0.15, -0.1) is 24.0 Å². The maximum Gasteiger partial charge on any atom is 0.193 e. The van der Waals surface area contributed by atoms with Crippen molar-refractivity contribution in [1.29, 1.82) is 0 Å². The Bertz CT molecular complexity index is 661. The molecule has 0 bridgehead atoms. The fourth-order valence-corrected chi connectivity index (χ4v) is 5.50. The molecule has 3 aliphatic rings. The number of aliphatic imine (C=N–C) groups is 1. The third kappa shape index (κ3) is 4.44. The molecule has 150 valence electrons. The van der Waals surface area contributed by atoms with E-state index >= 15 is 0 Å². The van der Waals surface area contributed by atoms with E-state index in [2.05, 4.69) is 51.4 Å². The van der Waals surface area contributed by atoms with E-state index in [1.807, 2.05) is 7.05 Å². The molecule has 2 unspecified atom stereocenters. The van der Waals surface area contributed by atoms with Gasteiger partial charge in [-0.1, -0.05) is 24.3 Å². The van der Waals surface area contributed by atoms with Crippen molar-refractivity contribution in [1.82, 2.24) is 15.1 Å². The van der Waals surface area contributed by atoms with Crippen LogP contribution in [0.4, 0.5) is 0 Å². The molecule has 2 atom stereocenters. The molecule has 1 spiro atoms. The number of nitrogens with zero attached hydrogens (tertiary/aromatic N) is 3. The first kappa shape index (κ1) is 20.9. The minimum Gasteiger partial charge on any atom is -0.356 e. The van der Waals surface area contributed by atoms with Crippen LogP contribution < -0.4 is 5.32 Å². The summed E-state index contributed by atoms with van der Waals surface area (Å²) in [4.78, 5) is 9.61. The summed E-state index contributed by atoms with van der Waals surface area (Å²) in [6.07, 6.45) is 7.79. The number of fused-ring (bicyclic) bond motifs is 2. The third-order valence-corrected chi connectivity index (χ3v) is 6.82. The first-order chi connectivity index (χ1) is 12.7. The number of halogens is 1. The second-order valence-corrected chi connectivity index (χ2v) is 8.66. The Labute approximate surface area is 181 Å². The quantitative estimate of drug-likeness (QED) is 0.398. The number of nitrogens with one attached hydrogen (secondary N) is 1. The SMILES string of the molecule is CN=C(NCC1CCN(C)C1)N1CCCC2(CCCc3ccccc32)C1.I. The van der Waals surface area contributed by atoms with Crippen molar-refractivity contribution < 1.29 is 0 Å². The smallest absolute Gasteiger partial charge is 0.193 e. The lowest BCUT2D eigenvalue weighted by molar-refractivity contribution is 0.188. The van der Waals surface area contributed by atoms with Gasteiger partial charge in [-0.2, -0.15) is 0 Å². The molecule has 5 heteroatoms. The molecule has 1 aliphatic carbocycles. The van der Waals surface area contributed by atoms with Crippen molar-refractivity contribution in [2.24, 2.45) is 10.9 Å². The fraction of sp³-hybridized carbons (Fsp3) is 0.682. The highest BCUT2D eigenvalue weighted by Crippen LogP contribution is 2.43. The number of guanidine groups is 1. The van der Waals surface area contributed by atoms with Crippen molar-refractivity contribution >= 4 is 29.9 Å². The maximum atomic E-state index is 4.64. The molecule has 0 radical (unpaired) electrons. The minimum atomic E-state index is 0. The highest BCUT2D eigenvalue weighted by molar-refractivity contribution is 14.0. The zero-order chi connectivity index (χ0) is 18.0. The van der Waals surface area contributed by atoms with Crippen molar-refractivity contribution in [2.45, 2.75) is 43.9 Å². The second-order valence-electron chi connectivity index (χ2n) is 8.66. The number of aryl methyl sites for hydroxylation is 1. The lowest BCUT2D eigenvalue weighted by atomic mass is 9.66. The van der Waals surface area contributed by atoms with E-state index < -0.39 is 0 Å². The fourth-order valence-electron chi connectivity index (χ4n) is 5.50. The van der Waals surface area contributed by atoms with E-state index in [1.165, 1.54) is 51.6 Å². The largest absolute Gasteiger partial charge is 0.356 e. The molecule has 1 aromatic rings. The topological polar surface area (TPSA) is 30.9 Å². The van der Waals surface area contributed by atoms with E-state index in [9.17, 15) is 0 Å². The van der Waals surface area contributed by atoms with Gasteiger partial charge >= 0.3 is 0 Å². The second kappa shape index (κ2) is 9.12. The Hall–Kier alpha value is -0.820. The van der Waals surface area contributed by atoms with Crippen LogP contribution in [0.15, 0.2) is 29.3 Å². The summed E-state index contributed by atoms with van der Waals surface area (Å²) in [7, 11) is 4.17. The van der Waals surface area contributed by atoms with E-state index in [-0.39, 0.29) is 24.0 Å². The molecule has 1 aromatic carbocycles. The van der Waals surface area contributed by atoms with Crippen molar-refractivity contribution in [2.75, 3.05) is 46.8 Å². The molecule has 4 nitrogen and oxygen atoms in total. The van der Waals surface area contributed by atoms with Crippen LogP contribution in [0.3, 0.4) is 0 Å². The van der Waals surface area contributed by atoms with Crippen LogP contribution in [0.5, 0.6) is 0 Å². The van der Waals surface area contributed by atoms with Gasteiger partial charge in [-0.3, -0.25) is 4.99 Å². The first-order valence-corrected chi connectivity index (χ1v) is 10.4. The summed E-state index contributed by atoms with van der Waals surface area (Å²) in [5, 5.41) is 3.70. The van der Waals surface area contributed by atoms with Gasteiger partial charge in [-0.25, -0.2) is 0 Å². The molecule has 27 heavy (non-hydrogen) atoms. The molecule has 0 amide bonds. The molecule has 2 saturated heterocycles. The Kier molecular flexibility index (Phi) is 7.06. The predicted molar refractivity (Wildman–Crippen MR) is 124 cm³/mol. The highest BCUT2D eigenvalue weighted by Gasteiger charge is 2.40. The standard InChI is InChI=1S/C22H34N4.HI/c1-23-21(24-15-18-10-14-25(2)16-18)26-13-6-12-22(17-26)11-5-8-19-7-3-4-9-20(19)22;/h3-4,7,9,18H,5-6,8,10-17H2,1-2H3,(H,23,24);1H. The molecule has 2 fully saturated rings. The van der Waals surface area contributed by atoms with Crippen LogP contribution in [0.25, 0.3) is 0 Å². The summed E-state index contributed by atoms with van der Waals surface area (Å²) in [6.45, 7) is 5.75. The van der Waals surface area contributed by atoms with Crippen LogP contribution in [-0.2, 0) is 11.8 Å². The van der Waals surface area contributed by atoms with Crippen LogP contribution >= 0.6 is 24.0 Å². The summed E-state index contributed by atoms with van der Waals surface area (Å²) in [5.41, 5.74) is 3.53. The Morgan fingerprint density at radius 2 is 2.04 bits per heavy atom. The van der Waals surface area contributed by atoms with E-state index in [0.29, 0.717) is 5.41 Å². The average Bonchev–Trinajstić information content (AvgIpc) is 3.08. The Balaban J connectivity index is 0.00000210. The first-order valence-electron chi connectivity index (χ1n) is 10.4. The predicted octanol–water partition coefficient (Wildman–Crippen LogP) is 3.50. The number of piperidine rings is 1. The van der Waals surface area contributed by atoms with Crippen LogP contribution in [0.1, 0.15) is 43.2 Å².